The molecule has 2 heterocycles. The number of amides is 1. The van der Waals surface area contributed by atoms with Crippen LogP contribution in [0.3, 0.4) is 0 Å². The molecule has 2 aromatic rings. The van der Waals surface area contributed by atoms with E-state index in [4.69, 9.17) is 9.15 Å². The molecule has 132 valence electrons. The highest BCUT2D eigenvalue weighted by atomic mass is 32.2. The molecule has 1 aromatic heterocycles. The summed E-state index contributed by atoms with van der Waals surface area (Å²) in [6.07, 6.45) is 1.25. The number of hydrogen-bond donors (Lipinski definition) is 1. The maximum absolute atomic E-state index is 12.2. The van der Waals surface area contributed by atoms with Crippen LogP contribution in [-0.4, -0.2) is 33.2 Å². The van der Waals surface area contributed by atoms with Gasteiger partial charge in [0.1, 0.15) is 11.3 Å². The Labute approximate surface area is 144 Å². The Morgan fingerprint density at radius 1 is 1.40 bits per heavy atom. The van der Waals surface area contributed by atoms with Crippen molar-refractivity contribution in [1.82, 2.24) is 5.32 Å². The van der Waals surface area contributed by atoms with Crippen molar-refractivity contribution < 1.29 is 22.4 Å². The van der Waals surface area contributed by atoms with Crippen LogP contribution in [0.2, 0.25) is 0 Å². The van der Waals surface area contributed by atoms with Crippen LogP contribution in [0.1, 0.15) is 11.1 Å². The zero-order chi connectivity index (χ0) is 18.2. The summed E-state index contributed by atoms with van der Waals surface area (Å²) in [6, 6.07) is 4.55. The summed E-state index contributed by atoms with van der Waals surface area (Å²) in [6.45, 7) is 1.74. The Hall–Kier alpha value is -2.61. The second-order valence-electron chi connectivity index (χ2n) is 5.86. The van der Waals surface area contributed by atoms with E-state index in [9.17, 15) is 18.0 Å². The number of sulfone groups is 1. The lowest BCUT2D eigenvalue weighted by Crippen LogP contribution is -2.37. The summed E-state index contributed by atoms with van der Waals surface area (Å²) in [4.78, 5) is 24.4. The molecule has 0 bridgehead atoms. The molecule has 1 aromatic carbocycles. The molecule has 1 atom stereocenters. The Bertz CT molecular complexity index is 1040. The van der Waals surface area contributed by atoms with Gasteiger partial charge in [0, 0.05) is 16.9 Å². The molecular weight excluding hydrogens is 346 g/mol. The van der Waals surface area contributed by atoms with E-state index in [2.05, 4.69) is 5.32 Å². The second-order valence-corrected chi connectivity index (χ2v) is 7.80. The van der Waals surface area contributed by atoms with Gasteiger partial charge in [-0.15, -0.1) is 0 Å². The van der Waals surface area contributed by atoms with Crippen molar-refractivity contribution in [3.63, 3.8) is 0 Å². The molecular formula is C17H17NO6S. The third kappa shape index (κ3) is 3.58. The van der Waals surface area contributed by atoms with E-state index >= 15 is 0 Å². The largest absolute Gasteiger partial charge is 0.497 e. The average Bonchev–Trinajstić information content (AvgIpc) is 2.89. The molecule has 0 aliphatic carbocycles. The van der Waals surface area contributed by atoms with Crippen molar-refractivity contribution in [2.75, 3.05) is 12.9 Å². The number of fused-ring (bicyclic) bond motifs is 1. The molecule has 1 aliphatic heterocycles. The van der Waals surface area contributed by atoms with Crippen molar-refractivity contribution in [3.05, 3.63) is 51.2 Å². The predicted molar refractivity (Wildman–Crippen MR) is 92.3 cm³/mol. The number of nitrogens with one attached hydrogen (secondary N) is 1. The van der Waals surface area contributed by atoms with Gasteiger partial charge in [0.15, 0.2) is 9.84 Å². The minimum Gasteiger partial charge on any atom is -0.497 e. The smallest absolute Gasteiger partial charge is 0.340 e. The minimum absolute atomic E-state index is 0.163. The summed E-state index contributed by atoms with van der Waals surface area (Å²) in [5.41, 5.74) is 0.692. The number of carbonyl (C=O) groups is 1. The van der Waals surface area contributed by atoms with Gasteiger partial charge in [0.05, 0.1) is 30.9 Å². The van der Waals surface area contributed by atoms with Crippen LogP contribution in [0.5, 0.6) is 5.75 Å². The first kappa shape index (κ1) is 17.2. The summed E-state index contributed by atoms with van der Waals surface area (Å²) in [7, 11) is -1.74. The first-order chi connectivity index (χ1) is 11.8. The fourth-order valence-corrected chi connectivity index (χ4v) is 4.03. The van der Waals surface area contributed by atoms with Crippen molar-refractivity contribution in [2.45, 2.75) is 19.4 Å². The van der Waals surface area contributed by atoms with Gasteiger partial charge < -0.3 is 14.5 Å². The normalized spacial score (nSPS) is 18.4. The lowest BCUT2D eigenvalue weighted by Gasteiger charge is -2.11. The summed E-state index contributed by atoms with van der Waals surface area (Å²) >= 11 is 0. The number of hydrogen-bond acceptors (Lipinski definition) is 6. The molecule has 1 amide bonds. The number of carbonyl (C=O) groups excluding carboxylic acids is 1. The zero-order valence-corrected chi connectivity index (χ0v) is 14.6. The first-order valence-electron chi connectivity index (χ1n) is 7.60. The van der Waals surface area contributed by atoms with Crippen LogP contribution in [0, 0.1) is 6.92 Å². The highest BCUT2D eigenvalue weighted by molar-refractivity contribution is 7.94. The number of benzene rings is 1. The van der Waals surface area contributed by atoms with Gasteiger partial charge in [-0.3, -0.25) is 4.79 Å². The Morgan fingerprint density at radius 2 is 2.16 bits per heavy atom. The van der Waals surface area contributed by atoms with E-state index in [0.717, 1.165) is 5.41 Å². The van der Waals surface area contributed by atoms with Gasteiger partial charge in [0.25, 0.3) is 0 Å². The molecule has 7 nitrogen and oxygen atoms in total. The van der Waals surface area contributed by atoms with E-state index < -0.39 is 27.4 Å². The maximum Gasteiger partial charge on any atom is 0.340 e. The third-order valence-corrected chi connectivity index (χ3v) is 5.50. The van der Waals surface area contributed by atoms with E-state index in [-0.39, 0.29) is 17.7 Å². The molecule has 8 heteroatoms. The molecule has 0 saturated heterocycles. The van der Waals surface area contributed by atoms with Crippen LogP contribution >= 0.6 is 0 Å². The lowest BCUT2D eigenvalue weighted by atomic mass is 10.0. The molecule has 0 unspecified atom stereocenters. The molecule has 1 N–H and O–H groups in total. The van der Waals surface area contributed by atoms with Gasteiger partial charge in [-0.2, -0.15) is 0 Å². The van der Waals surface area contributed by atoms with Crippen LogP contribution in [0.25, 0.3) is 11.0 Å². The predicted octanol–water partition coefficient (Wildman–Crippen LogP) is 1.08. The van der Waals surface area contributed by atoms with Gasteiger partial charge in [-0.1, -0.05) is 0 Å². The maximum atomic E-state index is 12.2. The standard InChI is InChI=1S/C17H17NO6S/c1-10-13-4-3-12(23-2)7-15(13)24-17(20)14(10)8-16(19)18-11-5-6-25(21,22)9-11/h3-7,11H,8-9H2,1-2H3,(H,18,19)/t11-/m1/s1. The molecule has 3 rings (SSSR count). The lowest BCUT2D eigenvalue weighted by molar-refractivity contribution is -0.120. The molecule has 0 radical (unpaired) electrons. The Balaban J connectivity index is 1.85. The topological polar surface area (TPSA) is 103 Å². The average molecular weight is 363 g/mol. The van der Waals surface area contributed by atoms with Crippen LogP contribution in [0.4, 0.5) is 0 Å². The number of methoxy groups -OCH3 is 1. The number of aryl methyl sites for hydroxylation is 1. The zero-order valence-electron chi connectivity index (χ0n) is 13.7. The van der Waals surface area contributed by atoms with Gasteiger partial charge in [0.2, 0.25) is 5.91 Å². The number of ether oxygens (including phenoxy) is 1. The minimum atomic E-state index is -3.25. The highest BCUT2D eigenvalue weighted by Gasteiger charge is 2.24. The monoisotopic (exact) mass is 363 g/mol. The second kappa shape index (κ2) is 6.36. The summed E-state index contributed by atoms with van der Waals surface area (Å²) < 4.78 is 33.1. The fourth-order valence-electron chi connectivity index (χ4n) is 2.79. The molecule has 0 fully saturated rings. The SMILES string of the molecule is COc1ccc2c(C)c(CC(=O)N[C@@H]3C=CS(=O)(=O)C3)c(=O)oc2c1. The van der Waals surface area contributed by atoms with E-state index in [1.807, 2.05) is 0 Å². The molecule has 25 heavy (non-hydrogen) atoms. The molecule has 1 aliphatic rings. The highest BCUT2D eigenvalue weighted by Crippen LogP contribution is 2.24. The van der Waals surface area contributed by atoms with Crippen LogP contribution in [0.15, 0.2) is 38.9 Å². The van der Waals surface area contributed by atoms with Crippen molar-refractivity contribution in [1.29, 1.82) is 0 Å². The Kier molecular flexibility index (Phi) is 4.38. The van der Waals surface area contributed by atoms with Gasteiger partial charge in [-0.25, -0.2) is 13.2 Å². The molecule has 0 saturated carbocycles. The quantitative estimate of drug-likeness (QED) is 0.816. The summed E-state index contributed by atoms with van der Waals surface area (Å²) in [5, 5.41) is 4.40. The van der Waals surface area contributed by atoms with Crippen molar-refractivity contribution >= 4 is 26.7 Å². The van der Waals surface area contributed by atoms with Crippen molar-refractivity contribution in [2.24, 2.45) is 0 Å². The van der Waals surface area contributed by atoms with Crippen molar-refractivity contribution in [3.8, 4) is 5.75 Å². The first-order valence-corrected chi connectivity index (χ1v) is 9.31. The molecule has 0 spiro atoms. The number of rotatable bonds is 4. The summed E-state index contributed by atoms with van der Waals surface area (Å²) in [5.74, 6) is -0.0334. The van der Waals surface area contributed by atoms with Gasteiger partial charge in [-0.05, 0) is 30.7 Å². The van der Waals surface area contributed by atoms with E-state index in [0.29, 0.717) is 22.3 Å². The fraction of sp³-hybridized carbons (Fsp3) is 0.294. The van der Waals surface area contributed by atoms with Gasteiger partial charge >= 0.3 is 5.63 Å². The third-order valence-electron chi connectivity index (χ3n) is 4.11. The van der Waals surface area contributed by atoms with Crippen LogP contribution < -0.4 is 15.7 Å². The Morgan fingerprint density at radius 3 is 2.80 bits per heavy atom. The van der Waals surface area contributed by atoms with Crippen LogP contribution in [-0.2, 0) is 21.1 Å². The van der Waals surface area contributed by atoms with E-state index in [1.165, 1.54) is 13.2 Å². The van der Waals surface area contributed by atoms with E-state index in [1.54, 1.807) is 25.1 Å².